The molecule has 7 heteroatoms. The lowest BCUT2D eigenvalue weighted by atomic mass is 10.3. The third-order valence-electron chi connectivity index (χ3n) is 1.76. The molecule has 0 fully saturated rings. The van der Waals surface area contributed by atoms with E-state index in [4.69, 9.17) is 14.4 Å². The van der Waals surface area contributed by atoms with Crippen molar-refractivity contribution in [3.63, 3.8) is 0 Å². The molecule has 2 unspecified atom stereocenters. The Hall–Kier alpha value is -1.07. The van der Waals surface area contributed by atoms with Crippen LogP contribution in [-0.4, -0.2) is 29.8 Å². The third kappa shape index (κ3) is 5.19. The van der Waals surface area contributed by atoms with Gasteiger partial charge in [-0.05, 0) is 31.2 Å². The van der Waals surface area contributed by atoms with E-state index in [9.17, 15) is 9.46 Å². The van der Waals surface area contributed by atoms with E-state index in [1.165, 1.54) is 26.2 Å². The molecule has 0 bridgehead atoms. The molecule has 0 aliphatic rings. The van der Waals surface area contributed by atoms with Crippen molar-refractivity contribution in [1.82, 2.24) is 0 Å². The van der Waals surface area contributed by atoms with Crippen molar-refractivity contribution in [1.29, 1.82) is 0 Å². The summed E-state index contributed by atoms with van der Waals surface area (Å²) in [5.41, 5.74) is 0. The minimum Gasteiger partial charge on any atom is -0.497 e. The SMILES string of the molecule is COc1ccc(OP(=O)(O)OCC(C)O)cc1. The van der Waals surface area contributed by atoms with E-state index in [2.05, 4.69) is 4.52 Å². The fraction of sp³-hybridized carbons (Fsp3) is 0.400. The van der Waals surface area contributed by atoms with Crippen molar-refractivity contribution in [2.24, 2.45) is 0 Å². The van der Waals surface area contributed by atoms with Crippen LogP contribution in [0.4, 0.5) is 0 Å². The second-order valence-electron chi connectivity index (χ2n) is 3.38. The van der Waals surface area contributed by atoms with Crippen LogP contribution in [0.3, 0.4) is 0 Å². The van der Waals surface area contributed by atoms with Crippen molar-refractivity contribution in [3.05, 3.63) is 24.3 Å². The minimum absolute atomic E-state index is 0.183. The van der Waals surface area contributed by atoms with E-state index in [-0.39, 0.29) is 12.4 Å². The van der Waals surface area contributed by atoms with Crippen LogP contribution in [0, 0.1) is 0 Å². The Balaban J connectivity index is 2.59. The molecule has 0 aromatic heterocycles. The molecular formula is C10H15O6P. The number of benzene rings is 1. The maximum absolute atomic E-state index is 11.4. The van der Waals surface area contributed by atoms with Crippen LogP contribution >= 0.6 is 7.82 Å². The van der Waals surface area contributed by atoms with Gasteiger partial charge in [0.1, 0.15) is 11.5 Å². The summed E-state index contributed by atoms with van der Waals surface area (Å²) in [5.74, 6) is 0.789. The van der Waals surface area contributed by atoms with E-state index in [1.807, 2.05) is 0 Å². The maximum Gasteiger partial charge on any atom is 0.527 e. The number of aliphatic hydroxyl groups is 1. The van der Waals surface area contributed by atoms with Gasteiger partial charge >= 0.3 is 7.82 Å². The van der Waals surface area contributed by atoms with Gasteiger partial charge in [0, 0.05) is 0 Å². The van der Waals surface area contributed by atoms with Gasteiger partial charge in [0.2, 0.25) is 0 Å². The van der Waals surface area contributed by atoms with Gasteiger partial charge in [-0.25, -0.2) is 4.57 Å². The van der Waals surface area contributed by atoms with Gasteiger partial charge in [0.25, 0.3) is 0 Å². The maximum atomic E-state index is 11.4. The number of ether oxygens (including phenoxy) is 1. The first-order valence-corrected chi connectivity index (χ1v) is 6.41. The van der Waals surface area contributed by atoms with Gasteiger partial charge in [-0.15, -0.1) is 0 Å². The van der Waals surface area contributed by atoms with Crippen molar-refractivity contribution in [2.45, 2.75) is 13.0 Å². The zero-order valence-electron chi connectivity index (χ0n) is 9.57. The summed E-state index contributed by atoms with van der Waals surface area (Å²) in [5, 5.41) is 8.92. The molecule has 6 nitrogen and oxygen atoms in total. The van der Waals surface area contributed by atoms with Crippen LogP contribution in [0.5, 0.6) is 11.5 Å². The molecule has 17 heavy (non-hydrogen) atoms. The minimum atomic E-state index is -4.19. The topological polar surface area (TPSA) is 85.2 Å². The predicted molar refractivity (Wildman–Crippen MR) is 61.1 cm³/mol. The standard InChI is InChI=1S/C10H15O6P/c1-8(11)7-15-17(12,13)16-10-5-3-9(14-2)4-6-10/h3-6,8,11H,7H2,1-2H3,(H,12,13). The zero-order chi connectivity index (χ0) is 12.9. The summed E-state index contributed by atoms with van der Waals surface area (Å²) in [6.45, 7) is 1.16. The van der Waals surface area contributed by atoms with E-state index < -0.39 is 13.9 Å². The van der Waals surface area contributed by atoms with Gasteiger partial charge in [0.05, 0.1) is 19.8 Å². The fourth-order valence-corrected chi connectivity index (χ4v) is 1.84. The highest BCUT2D eigenvalue weighted by Gasteiger charge is 2.23. The Bertz CT molecular complexity index is 388. The quantitative estimate of drug-likeness (QED) is 0.757. The van der Waals surface area contributed by atoms with Crippen LogP contribution in [0.1, 0.15) is 6.92 Å². The van der Waals surface area contributed by atoms with E-state index >= 15 is 0 Å². The Morgan fingerprint density at radius 1 is 1.29 bits per heavy atom. The summed E-state index contributed by atoms with van der Waals surface area (Å²) >= 11 is 0. The molecular weight excluding hydrogens is 247 g/mol. The number of aliphatic hydroxyl groups excluding tert-OH is 1. The van der Waals surface area contributed by atoms with Crippen molar-refractivity contribution < 1.29 is 28.3 Å². The average Bonchev–Trinajstić information content (AvgIpc) is 2.27. The Morgan fingerprint density at radius 2 is 1.82 bits per heavy atom. The van der Waals surface area contributed by atoms with Crippen LogP contribution in [0.15, 0.2) is 24.3 Å². The molecule has 0 spiro atoms. The summed E-state index contributed by atoms with van der Waals surface area (Å²) < 4.78 is 25.7. The number of hydrogen-bond acceptors (Lipinski definition) is 5. The van der Waals surface area contributed by atoms with Gasteiger partial charge in [0.15, 0.2) is 0 Å². The van der Waals surface area contributed by atoms with Gasteiger partial charge in [-0.1, -0.05) is 0 Å². The normalized spacial score (nSPS) is 16.0. The molecule has 1 aromatic rings. The summed E-state index contributed by atoms with van der Waals surface area (Å²) in [4.78, 5) is 9.31. The summed E-state index contributed by atoms with van der Waals surface area (Å²) in [6, 6.07) is 6.13. The second-order valence-corrected chi connectivity index (χ2v) is 4.76. The van der Waals surface area contributed by atoms with E-state index in [0.29, 0.717) is 5.75 Å². The van der Waals surface area contributed by atoms with Gasteiger partial charge in [-0.2, -0.15) is 0 Å². The second kappa shape index (κ2) is 6.02. The number of rotatable bonds is 6. The van der Waals surface area contributed by atoms with Crippen molar-refractivity contribution in [2.75, 3.05) is 13.7 Å². The highest BCUT2D eigenvalue weighted by molar-refractivity contribution is 7.47. The average molecular weight is 262 g/mol. The molecule has 0 amide bonds. The van der Waals surface area contributed by atoms with E-state index in [0.717, 1.165) is 0 Å². The number of phosphoric ester groups is 1. The first-order chi connectivity index (χ1) is 7.93. The van der Waals surface area contributed by atoms with Crippen molar-refractivity contribution >= 4 is 7.82 Å². The zero-order valence-corrected chi connectivity index (χ0v) is 10.5. The molecule has 2 N–H and O–H groups in total. The largest absolute Gasteiger partial charge is 0.527 e. The molecule has 0 heterocycles. The highest BCUT2D eigenvalue weighted by Crippen LogP contribution is 2.43. The summed E-state index contributed by atoms with van der Waals surface area (Å²) in [6.07, 6.45) is -0.838. The molecule has 0 saturated heterocycles. The van der Waals surface area contributed by atoms with Crippen LogP contribution in [0.25, 0.3) is 0 Å². The molecule has 96 valence electrons. The molecule has 1 aromatic carbocycles. The highest BCUT2D eigenvalue weighted by atomic mass is 31.2. The number of methoxy groups -OCH3 is 1. The lowest BCUT2D eigenvalue weighted by Gasteiger charge is -2.14. The van der Waals surface area contributed by atoms with Crippen LogP contribution in [-0.2, 0) is 9.09 Å². The van der Waals surface area contributed by atoms with Crippen LogP contribution < -0.4 is 9.26 Å². The Labute approximate surface area is 99.4 Å². The smallest absolute Gasteiger partial charge is 0.497 e. The first-order valence-electron chi connectivity index (χ1n) is 4.92. The molecule has 1 rings (SSSR count). The molecule has 0 aliphatic heterocycles. The van der Waals surface area contributed by atoms with Crippen LogP contribution in [0.2, 0.25) is 0 Å². The van der Waals surface area contributed by atoms with E-state index in [1.54, 1.807) is 12.1 Å². The first kappa shape index (κ1) is 14.0. The third-order valence-corrected chi connectivity index (χ3v) is 2.68. The lowest BCUT2D eigenvalue weighted by Crippen LogP contribution is -2.10. The lowest BCUT2D eigenvalue weighted by molar-refractivity contribution is 0.0991. The molecule has 0 radical (unpaired) electrons. The summed E-state index contributed by atoms with van der Waals surface area (Å²) in [7, 11) is -2.68. The fourth-order valence-electron chi connectivity index (χ4n) is 0.998. The van der Waals surface area contributed by atoms with Gasteiger partial charge < -0.3 is 14.4 Å². The number of phosphoric acid groups is 1. The molecule has 0 aliphatic carbocycles. The van der Waals surface area contributed by atoms with Crippen molar-refractivity contribution in [3.8, 4) is 11.5 Å². The Kier molecular flexibility index (Phi) is 4.96. The predicted octanol–water partition coefficient (Wildman–Crippen LogP) is 1.57. The molecule has 2 atom stereocenters. The molecule has 0 saturated carbocycles. The number of hydrogen-bond donors (Lipinski definition) is 2. The monoisotopic (exact) mass is 262 g/mol. The Morgan fingerprint density at radius 3 is 2.29 bits per heavy atom. The van der Waals surface area contributed by atoms with Gasteiger partial charge in [-0.3, -0.25) is 9.42 Å².